The Hall–Kier alpha value is -4.95. The van der Waals surface area contributed by atoms with Gasteiger partial charge in [0.05, 0.1) is 24.8 Å². The normalized spacial score (nSPS) is 18.8. The van der Waals surface area contributed by atoms with Crippen LogP contribution in [0.5, 0.6) is 17.6 Å². The quantitative estimate of drug-likeness (QED) is 0.104. The highest BCUT2D eigenvalue weighted by Gasteiger charge is 2.30. The van der Waals surface area contributed by atoms with Gasteiger partial charge in [0.2, 0.25) is 29.5 Å². The lowest BCUT2D eigenvalue weighted by molar-refractivity contribution is -0.120. The second-order valence-corrected chi connectivity index (χ2v) is 14.6. The van der Waals surface area contributed by atoms with Crippen LogP contribution in [0.4, 0.5) is 5.82 Å². The molecule has 3 amide bonds. The number of fused-ring (bicyclic) bond motifs is 1. The predicted molar refractivity (Wildman–Crippen MR) is 209 cm³/mol. The minimum Gasteiger partial charge on any atom is -0.481 e. The van der Waals surface area contributed by atoms with Gasteiger partial charge in [-0.05, 0) is 66.6 Å². The van der Waals surface area contributed by atoms with Crippen molar-refractivity contribution in [3.05, 3.63) is 92.5 Å². The number of hydrogen-bond acceptors (Lipinski definition) is 10. The maximum absolute atomic E-state index is 13.6. The molecule has 55 heavy (non-hydrogen) atoms. The van der Waals surface area contributed by atoms with Crippen LogP contribution in [-0.2, 0) is 29.1 Å². The van der Waals surface area contributed by atoms with E-state index < -0.39 is 5.91 Å². The van der Waals surface area contributed by atoms with Crippen LogP contribution in [0.1, 0.15) is 70.8 Å². The van der Waals surface area contributed by atoms with Gasteiger partial charge in [-0.2, -0.15) is 9.97 Å². The number of rotatable bonds is 15. The molecule has 0 saturated carbocycles. The number of aromatic nitrogens is 2. The molecule has 0 radical (unpaired) electrons. The minimum absolute atomic E-state index is 0.0744. The summed E-state index contributed by atoms with van der Waals surface area (Å²) in [5.41, 5.74) is 5.60. The van der Waals surface area contributed by atoms with E-state index in [4.69, 9.17) is 37.4 Å². The molecule has 0 bridgehead atoms. The maximum atomic E-state index is 13.6. The Bertz CT molecular complexity index is 2100. The molecule has 2 aromatic carbocycles. The summed E-state index contributed by atoms with van der Waals surface area (Å²) >= 11 is 13.7. The summed E-state index contributed by atoms with van der Waals surface area (Å²) in [6.45, 7) is 2.23. The SMILES string of the molecule is COc1nc(NC(=O)c2cccc(-c3cccc4c3CC[C@@H]4Oc3nc(OC)c(CNC[C@@H]4CCC(=O)N4)cc3Cl)c2Cl)ccc1CNC[C@@H]1CCC(=O)N1. The second kappa shape index (κ2) is 17.2. The molecule has 3 aliphatic rings. The van der Waals surface area contributed by atoms with Gasteiger partial charge in [-0.25, -0.2) is 0 Å². The van der Waals surface area contributed by atoms with Crippen molar-refractivity contribution in [3.63, 3.8) is 0 Å². The molecule has 0 spiro atoms. The number of ether oxygens (including phenoxy) is 3. The van der Waals surface area contributed by atoms with Crippen molar-refractivity contribution in [2.75, 3.05) is 32.6 Å². The van der Waals surface area contributed by atoms with Crippen LogP contribution in [-0.4, -0.2) is 67.1 Å². The molecule has 5 N–H and O–H groups in total. The van der Waals surface area contributed by atoms with Gasteiger partial charge >= 0.3 is 0 Å². The first kappa shape index (κ1) is 38.3. The van der Waals surface area contributed by atoms with Crippen LogP contribution in [0, 0.1) is 0 Å². The molecular formula is C40H43Cl2N7O6. The number of anilines is 1. The molecular weight excluding hydrogens is 745 g/mol. The first-order valence-electron chi connectivity index (χ1n) is 18.4. The monoisotopic (exact) mass is 787 g/mol. The molecule has 4 aromatic rings. The summed E-state index contributed by atoms with van der Waals surface area (Å²) in [5.74, 6) is 1.13. The highest BCUT2D eigenvalue weighted by Crippen LogP contribution is 2.43. The van der Waals surface area contributed by atoms with Crippen LogP contribution in [0.25, 0.3) is 11.1 Å². The molecule has 0 unspecified atom stereocenters. The third kappa shape index (κ3) is 8.80. The topological polar surface area (TPSA) is 165 Å². The van der Waals surface area contributed by atoms with E-state index in [1.54, 1.807) is 25.3 Å². The zero-order chi connectivity index (χ0) is 38.5. The minimum atomic E-state index is -0.406. The van der Waals surface area contributed by atoms with E-state index in [0.717, 1.165) is 52.6 Å². The lowest BCUT2D eigenvalue weighted by Crippen LogP contribution is -2.35. The maximum Gasteiger partial charge on any atom is 0.258 e. The average molecular weight is 789 g/mol. The number of hydrogen-bond donors (Lipinski definition) is 5. The van der Waals surface area contributed by atoms with Crippen molar-refractivity contribution in [1.82, 2.24) is 31.2 Å². The van der Waals surface area contributed by atoms with Crippen LogP contribution < -0.4 is 40.8 Å². The fraction of sp³-hybridized carbons (Fsp3) is 0.375. The van der Waals surface area contributed by atoms with Gasteiger partial charge in [0.25, 0.3) is 5.91 Å². The smallest absolute Gasteiger partial charge is 0.258 e. The molecule has 4 heterocycles. The fourth-order valence-corrected chi connectivity index (χ4v) is 7.91. The number of methoxy groups -OCH3 is 2. The van der Waals surface area contributed by atoms with E-state index in [9.17, 15) is 14.4 Å². The highest BCUT2D eigenvalue weighted by molar-refractivity contribution is 6.37. The van der Waals surface area contributed by atoms with Gasteiger partial charge < -0.3 is 40.8 Å². The van der Waals surface area contributed by atoms with E-state index in [-0.39, 0.29) is 35.9 Å². The zero-order valence-corrected chi connectivity index (χ0v) is 32.1. The zero-order valence-electron chi connectivity index (χ0n) is 30.6. The third-order valence-electron chi connectivity index (χ3n) is 10.1. The summed E-state index contributed by atoms with van der Waals surface area (Å²) in [5, 5.41) is 16.1. The molecule has 2 fully saturated rings. The average Bonchev–Trinajstić information content (AvgIpc) is 3.92. The van der Waals surface area contributed by atoms with E-state index in [0.29, 0.717) is 78.6 Å². The van der Waals surface area contributed by atoms with E-state index in [1.165, 1.54) is 7.11 Å². The molecule has 7 rings (SSSR count). The number of carbonyl (C=O) groups excluding carboxylic acids is 3. The molecule has 3 atom stereocenters. The van der Waals surface area contributed by atoms with Gasteiger partial charge in [-0.1, -0.05) is 53.5 Å². The van der Waals surface area contributed by atoms with E-state index >= 15 is 0 Å². The number of benzene rings is 2. The summed E-state index contributed by atoms with van der Waals surface area (Å²) in [6.07, 6.45) is 3.81. The van der Waals surface area contributed by atoms with Crippen molar-refractivity contribution < 1.29 is 28.6 Å². The van der Waals surface area contributed by atoms with Gasteiger partial charge in [-0.3, -0.25) is 14.4 Å². The van der Waals surface area contributed by atoms with Crippen LogP contribution in [0.3, 0.4) is 0 Å². The Morgan fingerprint density at radius 1 is 0.782 bits per heavy atom. The number of halogens is 2. The van der Waals surface area contributed by atoms with Gasteiger partial charge in [0.15, 0.2) is 0 Å². The summed E-state index contributed by atoms with van der Waals surface area (Å²) < 4.78 is 17.5. The van der Waals surface area contributed by atoms with Gasteiger partial charge in [0.1, 0.15) is 16.9 Å². The number of pyridine rings is 2. The summed E-state index contributed by atoms with van der Waals surface area (Å²) in [4.78, 5) is 45.7. The lowest BCUT2D eigenvalue weighted by Gasteiger charge is -2.18. The van der Waals surface area contributed by atoms with Crippen molar-refractivity contribution in [1.29, 1.82) is 0 Å². The molecule has 15 heteroatoms. The van der Waals surface area contributed by atoms with Crippen molar-refractivity contribution in [2.45, 2.75) is 69.8 Å². The van der Waals surface area contributed by atoms with Crippen molar-refractivity contribution in [3.8, 4) is 28.8 Å². The van der Waals surface area contributed by atoms with Crippen LogP contribution in [0.15, 0.2) is 54.6 Å². The Kier molecular flexibility index (Phi) is 12.0. The Morgan fingerprint density at radius 3 is 2.11 bits per heavy atom. The van der Waals surface area contributed by atoms with E-state index in [1.807, 2.05) is 36.4 Å². The first-order chi connectivity index (χ1) is 26.7. The number of nitrogens with one attached hydrogen (secondary N) is 5. The van der Waals surface area contributed by atoms with E-state index in [2.05, 4.69) is 36.6 Å². The van der Waals surface area contributed by atoms with Crippen LogP contribution in [0.2, 0.25) is 10.0 Å². The van der Waals surface area contributed by atoms with Gasteiger partial charge in [-0.15, -0.1) is 0 Å². The fourth-order valence-electron chi connectivity index (χ4n) is 7.38. The van der Waals surface area contributed by atoms with Crippen molar-refractivity contribution >= 4 is 46.7 Å². The highest BCUT2D eigenvalue weighted by atomic mass is 35.5. The third-order valence-corrected chi connectivity index (χ3v) is 10.8. The molecule has 288 valence electrons. The molecule has 1 aliphatic carbocycles. The second-order valence-electron chi connectivity index (χ2n) is 13.8. The Balaban J connectivity index is 1.02. The Labute approximate surface area is 329 Å². The van der Waals surface area contributed by atoms with Gasteiger partial charge in [0, 0.05) is 67.8 Å². The summed E-state index contributed by atoms with van der Waals surface area (Å²) in [6, 6.07) is 16.9. The molecule has 2 aromatic heterocycles. The largest absolute Gasteiger partial charge is 0.481 e. The standard InChI is InChI=1S/C40H43Cl2N7O6/c1-53-38-22(18-43-20-24-10-15-34(50)45-24)9-14-33(48-38)47-37(52)30-8-4-7-29(36(30)42)26-5-3-6-28-27(26)12-13-32(28)55-40-31(41)17-23(39(49-40)54-2)19-44-21-25-11-16-35(51)46-25/h3-9,14,17,24-25,32,43-44H,10-13,15-16,18-21H2,1-2H3,(H,45,50)(H,46,51)(H,47,48,52)/t24-,25-,32-/m0/s1. The summed E-state index contributed by atoms with van der Waals surface area (Å²) in [7, 11) is 3.09. The number of carbonyl (C=O) groups is 3. The predicted octanol–water partition coefficient (Wildman–Crippen LogP) is 5.52. The Morgan fingerprint density at radius 2 is 1.44 bits per heavy atom. The lowest BCUT2D eigenvalue weighted by atomic mass is 9.95. The van der Waals surface area contributed by atoms with Crippen LogP contribution >= 0.6 is 23.2 Å². The first-order valence-corrected chi connectivity index (χ1v) is 19.1. The number of nitrogens with zero attached hydrogens (tertiary/aromatic N) is 2. The molecule has 2 saturated heterocycles. The van der Waals surface area contributed by atoms with Crippen molar-refractivity contribution in [2.24, 2.45) is 0 Å². The number of amides is 3. The molecule has 2 aliphatic heterocycles. The molecule has 13 nitrogen and oxygen atoms in total.